The Balaban J connectivity index is 1.20. The highest BCUT2D eigenvalue weighted by Crippen LogP contribution is 2.73. The lowest BCUT2D eigenvalue weighted by molar-refractivity contribution is -0.0255. The van der Waals surface area contributed by atoms with Crippen molar-refractivity contribution in [3.63, 3.8) is 0 Å². The van der Waals surface area contributed by atoms with Crippen molar-refractivity contribution in [2.45, 2.75) is 153 Å². The minimum Gasteiger partial charge on any atom is -0.451 e. The van der Waals surface area contributed by atoms with Crippen molar-refractivity contribution in [2.75, 3.05) is 17.2 Å². The van der Waals surface area contributed by atoms with Crippen LogP contribution in [0.2, 0.25) is 0 Å². The molecule has 12 aliphatic rings. The summed E-state index contributed by atoms with van der Waals surface area (Å²) in [7, 11) is 0. The van der Waals surface area contributed by atoms with Crippen molar-refractivity contribution >= 4 is 17.1 Å². The molecule has 6 heteroatoms. The van der Waals surface area contributed by atoms with Crippen molar-refractivity contribution < 1.29 is 14.2 Å². The molecule has 0 radical (unpaired) electrons. The van der Waals surface area contributed by atoms with Gasteiger partial charge in [0.1, 0.15) is 0 Å². The Kier molecular flexibility index (Phi) is 8.59. The average Bonchev–Trinajstić information content (AvgIpc) is 3.21. The van der Waals surface area contributed by atoms with E-state index in [1.807, 2.05) is 18.2 Å². The van der Waals surface area contributed by atoms with Crippen LogP contribution in [-0.4, -0.2) is 0 Å². The van der Waals surface area contributed by atoms with E-state index >= 15 is 0 Å². The van der Waals surface area contributed by atoms with Gasteiger partial charge in [0.2, 0.25) is 5.75 Å². The van der Waals surface area contributed by atoms with Crippen LogP contribution in [0.15, 0.2) is 54.6 Å². The highest BCUT2D eigenvalue weighted by molar-refractivity contribution is 5.74. The summed E-state index contributed by atoms with van der Waals surface area (Å²) < 4.78 is 23.2. The summed E-state index contributed by atoms with van der Waals surface area (Å²) in [5, 5.41) is 0. The molecule has 16 rings (SSSR count). The predicted molar refractivity (Wildman–Crippen MR) is 253 cm³/mol. The normalized spacial score (nSPS) is 37.5. The number of anilines is 3. The molecule has 0 atom stereocenters. The number of nitrogens with two attached hydrogens (primary N) is 3. The van der Waals surface area contributed by atoms with Gasteiger partial charge in [0.25, 0.3) is 0 Å². The van der Waals surface area contributed by atoms with Gasteiger partial charge in [-0.1, -0.05) is 18.2 Å². The standard InChI is InChI=1S/C57H69N3O3/c1-31-4-7-43(58)46(10-31)61-52-50(56-25-37-16-38(26-56)18-39(17-37)27-56)49(55-22-34-13-35(23-55)15-36(14-34)24-55)51(57-28-40-19-41(29-57)21-42(20-40)30-57)53(62-47-11-32(2)5-8-44(47)59)54(52)63-48-12-33(3)6-9-45(48)60/h4-12,34-42H,13-30,58-60H2,1-3H3. The molecule has 0 aromatic heterocycles. The minimum absolute atomic E-state index is 0.0183. The molecule has 0 saturated heterocycles. The number of hydrogen-bond donors (Lipinski definition) is 3. The molecule has 12 bridgehead atoms. The minimum atomic E-state index is -0.0183. The summed E-state index contributed by atoms with van der Waals surface area (Å²) in [6, 6.07) is 18.7. The summed E-state index contributed by atoms with van der Waals surface area (Å²) in [4.78, 5) is 0. The van der Waals surface area contributed by atoms with Crippen molar-refractivity contribution in [1.29, 1.82) is 0 Å². The topological polar surface area (TPSA) is 106 Å². The third kappa shape index (κ3) is 6.21. The Labute approximate surface area is 375 Å². The quantitative estimate of drug-likeness (QED) is 0.145. The fraction of sp³-hybridized carbons (Fsp3) is 0.579. The maximum atomic E-state index is 7.79. The highest BCUT2D eigenvalue weighted by atomic mass is 16.5. The summed E-state index contributed by atoms with van der Waals surface area (Å²) in [5.41, 5.74) is 31.0. The van der Waals surface area contributed by atoms with Gasteiger partial charge < -0.3 is 31.4 Å². The smallest absolute Gasteiger partial charge is 0.213 e. The van der Waals surface area contributed by atoms with Crippen LogP contribution in [0.25, 0.3) is 0 Å². The van der Waals surface area contributed by atoms with E-state index in [0.717, 1.165) is 81.5 Å². The maximum Gasteiger partial charge on any atom is 0.213 e. The van der Waals surface area contributed by atoms with Crippen LogP contribution >= 0.6 is 0 Å². The van der Waals surface area contributed by atoms with Gasteiger partial charge in [0, 0.05) is 22.0 Å². The van der Waals surface area contributed by atoms with Gasteiger partial charge in [-0.25, -0.2) is 0 Å². The van der Waals surface area contributed by atoms with Crippen LogP contribution < -0.4 is 31.4 Å². The molecule has 0 amide bonds. The predicted octanol–water partition coefficient (Wildman–Crippen LogP) is 14.1. The lowest BCUT2D eigenvalue weighted by Crippen LogP contribution is -2.55. The zero-order chi connectivity index (χ0) is 42.6. The molecule has 330 valence electrons. The van der Waals surface area contributed by atoms with Gasteiger partial charge in [-0.05, 0) is 254 Å². The van der Waals surface area contributed by atoms with Gasteiger partial charge in [-0.3, -0.25) is 0 Å². The molecule has 12 aliphatic carbocycles. The van der Waals surface area contributed by atoms with Gasteiger partial charge >= 0.3 is 0 Å². The first-order chi connectivity index (χ1) is 30.4. The van der Waals surface area contributed by atoms with Crippen molar-refractivity contribution in [3.8, 4) is 34.5 Å². The van der Waals surface area contributed by atoms with Crippen LogP contribution in [0.4, 0.5) is 17.1 Å². The SMILES string of the molecule is Cc1ccc(N)c(Oc2c(Oc3cc(C)ccc3N)c(C34CC5CC(CC(C5)C3)C4)c(C34CC5CC(CC(C5)C3)C4)c(C34CC5CC(CC(C5)C3)C4)c2Oc2cc(C)ccc2N)c1. The number of hydrogen-bond acceptors (Lipinski definition) is 6. The monoisotopic (exact) mass is 844 g/mol. The number of rotatable bonds is 9. The Morgan fingerprint density at radius 2 is 0.587 bits per heavy atom. The maximum absolute atomic E-state index is 7.79. The van der Waals surface area contributed by atoms with Gasteiger partial charge in [-0.2, -0.15) is 0 Å². The molecule has 6 nitrogen and oxygen atoms in total. The van der Waals surface area contributed by atoms with Crippen LogP contribution in [-0.2, 0) is 16.2 Å². The second-order valence-electron chi connectivity index (χ2n) is 24.1. The van der Waals surface area contributed by atoms with E-state index in [2.05, 4.69) is 57.2 Å². The van der Waals surface area contributed by atoms with Gasteiger partial charge in [0.05, 0.1) is 17.1 Å². The van der Waals surface area contributed by atoms with Gasteiger partial charge in [0.15, 0.2) is 28.7 Å². The van der Waals surface area contributed by atoms with E-state index in [9.17, 15) is 0 Å². The largest absolute Gasteiger partial charge is 0.451 e. The first kappa shape index (κ1) is 39.1. The Morgan fingerprint density at radius 1 is 0.349 bits per heavy atom. The average molecular weight is 844 g/mol. The molecule has 0 spiro atoms. The third-order valence-electron chi connectivity index (χ3n) is 19.2. The summed E-state index contributed by atoms with van der Waals surface area (Å²) in [6.07, 6.45) is 23.7. The molecule has 12 saturated carbocycles. The molecule has 4 aromatic carbocycles. The lowest BCUT2D eigenvalue weighted by atomic mass is 9.41. The summed E-state index contributed by atoms with van der Waals surface area (Å²) >= 11 is 0. The van der Waals surface area contributed by atoms with E-state index in [1.54, 1.807) is 5.56 Å². The first-order valence-electron chi connectivity index (χ1n) is 25.3. The number of nitrogen functional groups attached to an aromatic ring is 3. The molecule has 0 unspecified atom stereocenters. The lowest BCUT2D eigenvalue weighted by Gasteiger charge is -2.63. The number of aryl methyl sites for hydroxylation is 3. The van der Waals surface area contributed by atoms with E-state index in [0.29, 0.717) is 40.1 Å². The van der Waals surface area contributed by atoms with E-state index in [1.165, 1.54) is 127 Å². The molecular weight excluding hydrogens is 775 g/mol. The van der Waals surface area contributed by atoms with Crippen molar-refractivity contribution in [3.05, 3.63) is 88.0 Å². The zero-order valence-corrected chi connectivity index (χ0v) is 38.1. The van der Waals surface area contributed by atoms with Crippen molar-refractivity contribution in [1.82, 2.24) is 0 Å². The molecule has 12 fully saturated rings. The van der Waals surface area contributed by atoms with E-state index in [-0.39, 0.29) is 16.2 Å². The fourth-order valence-corrected chi connectivity index (χ4v) is 18.3. The molecule has 0 aliphatic heterocycles. The fourth-order valence-electron chi connectivity index (χ4n) is 18.3. The van der Waals surface area contributed by atoms with Crippen LogP contribution in [0, 0.1) is 74.0 Å². The number of ether oxygens (including phenoxy) is 3. The first-order valence-corrected chi connectivity index (χ1v) is 25.3. The summed E-state index contributed by atoms with van der Waals surface area (Å²) in [6.45, 7) is 6.41. The molecule has 6 N–H and O–H groups in total. The molecular formula is C57H69N3O3. The highest BCUT2D eigenvalue weighted by Gasteiger charge is 2.62. The van der Waals surface area contributed by atoms with E-state index < -0.39 is 0 Å². The molecule has 0 heterocycles. The van der Waals surface area contributed by atoms with E-state index in [4.69, 9.17) is 31.4 Å². The third-order valence-corrected chi connectivity index (χ3v) is 19.2. The van der Waals surface area contributed by atoms with Crippen LogP contribution in [0.3, 0.4) is 0 Å². The van der Waals surface area contributed by atoms with Crippen LogP contribution in [0.5, 0.6) is 34.5 Å². The Morgan fingerprint density at radius 3 is 0.857 bits per heavy atom. The second kappa shape index (κ2) is 13.8. The molecule has 4 aromatic rings. The van der Waals surface area contributed by atoms with Gasteiger partial charge in [-0.15, -0.1) is 0 Å². The Bertz CT molecular complexity index is 2310. The number of benzene rings is 4. The van der Waals surface area contributed by atoms with Crippen molar-refractivity contribution in [2.24, 2.45) is 53.3 Å². The zero-order valence-electron chi connectivity index (χ0n) is 38.1. The molecule has 63 heavy (non-hydrogen) atoms. The Hall–Kier alpha value is -4.32. The second-order valence-corrected chi connectivity index (χ2v) is 24.1. The summed E-state index contributed by atoms with van der Waals surface area (Å²) in [5.74, 6) is 11.2. The van der Waals surface area contributed by atoms with Crippen LogP contribution in [0.1, 0.15) is 149 Å².